The van der Waals surface area contributed by atoms with Crippen molar-refractivity contribution in [3.8, 4) is 11.1 Å². The molecule has 3 atom stereocenters. The SMILES string of the molecule is CC(NC(=O)OCC1c2ccccc2-c2ccccc21)(C(=O)N1CCC[C@H]2C[C@]21C(=O)O)C1CC1. The third kappa shape index (κ3) is 3.35. The summed E-state index contributed by atoms with van der Waals surface area (Å²) < 4.78 is 5.72. The predicted molar refractivity (Wildman–Crippen MR) is 129 cm³/mol. The van der Waals surface area contributed by atoms with E-state index in [4.69, 9.17) is 4.74 Å². The number of ether oxygens (including phenoxy) is 1. The minimum Gasteiger partial charge on any atom is -0.479 e. The van der Waals surface area contributed by atoms with E-state index in [1.807, 2.05) is 24.3 Å². The van der Waals surface area contributed by atoms with Crippen LogP contribution < -0.4 is 5.32 Å². The van der Waals surface area contributed by atoms with Crippen LogP contribution in [0.3, 0.4) is 0 Å². The minimum atomic E-state index is -1.17. The number of alkyl carbamates (subject to hydrolysis) is 1. The summed E-state index contributed by atoms with van der Waals surface area (Å²) in [7, 11) is 0. The largest absolute Gasteiger partial charge is 0.479 e. The molecule has 2 saturated carbocycles. The van der Waals surface area contributed by atoms with Crippen molar-refractivity contribution in [1.29, 1.82) is 0 Å². The number of carboxylic acids is 1. The van der Waals surface area contributed by atoms with Gasteiger partial charge < -0.3 is 20.1 Å². The van der Waals surface area contributed by atoms with Gasteiger partial charge in [-0.25, -0.2) is 9.59 Å². The van der Waals surface area contributed by atoms with Crippen LogP contribution in [0.25, 0.3) is 11.1 Å². The maximum absolute atomic E-state index is 13.8. The van der Waals surface area contributed by atoms with Crippen molar-refractivity contribution in [2.75, 3.05) is 13.2 Å². The highest BCUT2D eigenvalue weighted by atomic mass is 16.5. The fourth-order valence-electron chi connectivity index (χ4n) is 6.46. The summed E-state index contributed by atoms with van der Waals surface area (Å²) in [5.74, 6) is -1.30. The van der Waals surface area contributed by atoms with Gasteiger partial charge in [-0.15, -0.1) is 0 Å². The highest BCUT2D eigenvalue weighted by molar-refractivity contribution is 5.96. The van der Waals surface area contributed by atoms with E-state index in [-0.39, 0.29) is 30.3 Å². The molecule has 0 bridgehead atoms. The Morgan fingerprint density at radius 2 is 1.69 bits per heavy atom. The van der Waals surface area contributed by atoms with Gasteiger partial charge >= 0.3 is 12.1 Å². The number of hydrogen-bond acceptors (Lipinski definition) is 4. The Hall–Kier alpha value is -3.35. The van der Waals surface area contributed by atoms with Crippen molar-refractivity contribution in [2.45, 2.75) is 56.0 Å². The number of benzene rings is 2. The number of fused-ring (bicyclic) bond motifs is 4. The molecule has 7 nitrogen and oxygen atoms in total. The van der Waals surface area contributed by atoms with Crippen LogP contribution in [0.15, 0.2) is 48.5 Å². The smallest absolute Gasteiger partial charge is 0.408 e. The van der Waals surface area contributed by atoms with Gasteiger partial charge in [0.05, 0.1) is 0 Å². The molecule has 182 valence electrons. The normalized spacial score (nSPS) is 26.1. The Balaban J connectivity index is 1.19. The van der Waals surface area contributed by atoms with E-state index in [9.17, 15) is 19.5 Å². The number of rotatable bonds is 6. The second-order valence-corrected chi connectivity index (χ2v) is 10.7. The highest BCUT2D eigenvalue weighted by Crippen LogP contribution is 2.55. The van der Waals surface area contributed by atoms with Gasteiger partial charge in [-0.2, -0.15) is 0 Å². The van der Waals surface area contributed by atoms with Gasteiger partial charge in [0.25, 0.3) is 0 Å². The standard InChI is InChI=1S/C28H30N2O5/c1-27(17-12-13-17,24(31)30-14-6-7-18-15-28(18,30)25(32)33)29-26(34)35-16-23-21-10-4-2-8-19(21)20-9-3-5-11-22(20)23/h2-5,8-11,17-18,23H,6-7,12-16H2,1H3,(H,29,34)(H,32,33)/t18-,27?,28+/m0/s1. The van der Waals surface area contributed by atoms with Crippen molar-refractivity contribution in [3.63, 3.8) is 0 Å². The predicted octanol–water partition coefficient (Wildman–Crippen LogP) is 4.16. The topological polar surface area (TPSA) is 95.9 Å². The van der Waals surface area contributed by atoms with E-state index in [1.54, 1.807) is 6.92 Å². The molecular formula is C28H30N2O5. The van der Waals surface area contributed by atoms with Crippen LogP contribution in [0.4, 0.5) is 4.79 Å². The van der Waals surface area contributed by atoms with Crippen LogP contribution in [0.1, 0.15) is 56.1 Å². The molecule has 2 N–H and O–H groups in total. The molecule has 3 fully saturated rings. The van der Waals surface area contributed by atoms with Crippen molar-refractivity contribution in [3.05, 3.63) is 59.7 Å². The Morgan fingerprint density at radius 3 is 2.29 bits per heavy atom. The molecule has 1 aliphatic heterocycles. The zero-order chi connectivity index (χ0) is 24.4. The summed E-state index contributed by atoms with van der Waals surface area (Å²) in [6, 6.07) is 16.3. The van der Waals surface area contributed by atoms with E-state index in [0.717, 1.165) is 47.9 Å². The molecule has 1 heterocycles. The number of hydrogen-bond donors (Lipinski definition) is 2. The summed E-state index contributed by atoms with van der Waals surface area (Å²) in [6.07, 6.45) is 3.13. The number of carbonyl (C=O) groups excluding carboxylic acids is 2. The molecule has 2 aromatic rings. The number of likely N-dealkylation sites (tertiary alicyclic amines) is 1. The summed E-state index contributed by atoms with van der Waals surface area (Å²) >= 11 is 0. The molecule has 4 aliphatic rings. The molecule has 1 saturated heterocycles. The number of carboxylic acid groups (broad SMARTS) is 1. The summed E-state index contributed by atoms with van der Waals surface area (Å²) in [5, 5.41) is 12.8. The van der Waals surface area contributed by atoms with E-state index in [1.165, 1.54) is 4.90 Å². The third-order valence-corrected chi connectivity index (χ3v) is 8.65. The fraction of sp³-hybridized carbons (Fsp3) is 0.464. The van der Waals surface area contributed by atoms with E-state index >= 15 is 0 Å². The average Bonchev–Trinajstić information content (AvgIpc) is 3.77. The zero-order valence-corrected chi connectivity index (χ0v) is 19.8. The van der Waals surface area contributed by atoms with Crippen LogP contribution in [0.2, 0.25) is 0 Å². The van der Waals surface area contributed by atoms with E-state index in [0.29, 0.717) is 13.0 Å². The molecular weight excluding hydrogens is 444 g/mol. The first-order valence-corrected chi connectivity index (χ1v) is 12.5. The van der Waals surface area contributed by atoms with Crippen LogP contribution >= 0.6 is 0 Å². The quantitative estimate of drug-likeness (QED) is 0.656. The van der Waals surface area contributed by atoms with Gasteiger partial charge in [-0.1, -0.05) is 48.5 Å². The lowest BCUT2D eigenvalue weighted by atomic mass is 9.90. The van der Waals surface area contributed by atoms with Gasteiger partial charge in [0, 0.05) is 12.5 Å². The van der Waals surface area contributed by atoms with E-state index in [2.05, 4.69) is 29.6 Å². The number of amides is 2. The summed E-state index contributed by atoms with van der Waals surface area (Å²) in [6.45, 7) is 2.31. The van der Waals surface area contributed by atoms with Gasteiger partial charge in [0.15, 0.2) is 0 Å². The lowest BCUT2D eigenvalue weighted by molar-refractivity contribution is -0.157. The Bertz CT molecular complexity index is 1180. The first-order chi connectivity index (χ1) is 16.9. The number of piperidine rings is 1. The molecule has 6 rings (SSSR count). The van der Waals surface area contributed by atoms with Gasteiger partial charge in [-0.05, 0) is 73.1 Å². The second-order valence-electron chi connectivity index (χ2n) is 10.7. The number of nitrogens with one attached hydrogen (secondary N) is 1. The molecule has 1 unspecified atom stereocenters. The van der Waals surface area contributed by atoms with Gasteiger partial charge in [0.2, 0.25) is 5.91 Å². The molecule has 3 aliphatic carbocycles. The first kappa shape index (κ1) is 22.1. The van der Waals surface area contributed by atoms with Gasteiger partial charge in [-0.3, -0.25) is 4.79 Å². The number of carbonyl (C=O) groups is 3. The molecule has 0 radical (unpaired) electrons. The lowest BCUT2D eigenvalue weighted by Gasteiger charge is -2.40. The minimum absolute atomic E-state index is 0.00982. The second kappa shape index (κ2) is 7.83. The van der Waals surface area contributed by atoms with Crippen LogP contribution in [-0.2, 0) is 14.3 Å². The van der Waals surface area contributed by atoms with Crippen molar-refractivity contribution >= 4 is 18.0 Å². The van der Waals surface area contributed by atoms with Crippen molar-refractivity contribution < 1.29 is 24.2 Å². The number of nitrogens with zero attached hydrogens (tertiary/aromatic N) is 1. The number of aliphatic carboxylic acids is 1. The summed E-state index contributed by atoms with van der Waals surface area (Å²) in [4.78, 5) is 40.5. The molecule has 7 heteroatoms. The summed E-state index contributed by atoms with van der Waals surface area (Å²) in [5.41, 5.74) is 2.28. The molecule has 0 spiro atoms. The Morgan fingerprint density at radius 1 is 1.06 bits per heavy atom. The first-order valence-electron chi connectivity index (χ1n) is 12.5. The maximum atomic E-state index is 13.8. The monoisotopic (exact) mass is 474 g/mol. The molecule has 0 aromatic heterocycles. The molecule has 2 aromatic carbocycles. The third-order valence-electron chi connectivity index (χ3n) is 8.65. The zero-order valence-electron chi connectivity index (χ0n) is 19.8. The Labute approximate surface area is 204 Å². The van der Waals surface area contributed by atoms with Gasteiger partial charge in [0.1, 0.15) is 17.7 Å². The van der Waals surface area contributed by atoms with Crippen molar-refractivity contribution in [1.82, 2.24) is 10.2 Å². The van der Waals surface area contributed by atoms with Crippen LogP contribution in [0, 0.1) is 11.8 Å². The maximum Gasteiger partial charge on any atom is 0.408 e. The van der Waals surface area contributed by atoms with Crippen molar-refractivity contribution in [2.24, 2.45) is 11.8 Å². The average molecular weight is 475 g/mol. The Kier molecular flexibility index (Phi) is 4.95. The fourth-order valence-corrected chi connectivity index (χ4v) is 6.46. The molecule has 35 heavy (non-hydrogen) atoms. The lowest BCUT2D eigenvalue weighted by Crippen LogP contribution is -2.64. The van der Waals surface area contributed by atoms with E-state index < -0.39 is 23.1 Å². The van der Waals surface area contributed by atoms with Crippen LogP contribution in [0.5, 0.6) is 0 Å². The highest BCUT2D eigenvalue weighted by Gasteiger charge is 2.68. The molecule has 2 amide bonds. The van der Waals surface area contributed by atoms with Crippen LogP contribution in [-0.4, -0.2) is 52.2 Å².